The van der Waals surface area contributed by atoms with Crippen molar-refractivity contribution in [2.45, 2.75) is 27.7 Å². The first kappa shape index (κ1) is 19.8. The van der Waals surface area contributed by atoms with Crippen LogP contribution in [0.3, 0.4) is 0 Å². The minimum atomic E-state index is 0.377. The lowest BCUT2D eigenvalue weighted by Crippen LogP contribution is -2.07. The third-order valence-corrected chi connectivity index (χ3v) is 4.18. The van der Waals surface area contributed by atoms with E-state index < -0.39 is 0 Å². The Hall–Kier alpha value is -2.94. The minimum absolute atomic E-state index is 0.377. The highest BCUT2D eigenvalue weighted by Crippen LogP contribution is 2.28. The van der Waals surface area contributed by atoms with Crippen molar-refractivity contribution in [1.29, 1.82) is 0 Å². The summed E-state index contributed by atoms with van der Waals surface area (Å²) in [7, 11) is 1.62. The number of nitrogens with zero attached hydrogens (tertiary/aromatic N) is 5. The van der Waals surface area contributed by atoms with Gasteiger partial charge in [0.25, 0.3) is 5.95 Å². The monoisotopic (exact) mass is 400 g/mol. The van der Waals surface area contributed by atoms with Crippen molar-refractivity contribution in [2.24, 2.45) is 11.0 Å². The van der Waals surface area contributed by atoms with E-state index in [9.17, 15) is 0 Å². The average Bonchev–Trinajstić information content (AvgIpc) is 3.19. The van der Waals surface area contributed by atoms with Gasteiger partial charge in [-0.25, -0.2) is 9.78 Å². The zero-order valence-electron chi connectivity index (χ0n) is 16.6. The molecule has 0 aliphatic heterocycles. The maximum Gasteiger partial charge on any atom is 0.271 e. The Morgan fingerprint density at radius 1 is 1.25 bits per heavy atom. The molecule has 2 aromatic heterocycles. The molecule has 0 atom stereocenters. The van der Waals surface area contributed by atoms with E-state index in [2.05, 4.69) is 34.2 Å². The number of ether oxygens (including phenoxy) is 2. The lowest BCUT2D eigenvalue weighted by atomic mass is 10.2. The second-order valence-corrected chi connectivity index (χ2v) is 7.23. The quantitative estimate of drug-likeness (QED) is 0.483. The van der Waals surface area contributed by atoms with Gasteiger partial charge in [0.1, 0.15) is 0 Å². The van der Waals surface area contributed by atoms with Gasteiger partial charge >= 0.3 is 0 Å². The van der Waals surface area contributed by atoms with Crippen molar-refractivity contribution >= 4 is 18.4 Å². The maximum absolute atomic E-state index is 5.79. The van der Waals surface area contributed by atoms with Crippen LogP contribution in [-0.4, -0.2) is 44.6 Å². The van der Waals surface area contributed by atoms with Crippen LogP contribution in [-0.2, 0) is 0 Å². The predicted molar refractivity (Wildman–Crippen MR) is 110 cm³/mol. The summed E-state index contributed by atoms with van der Waals surface area (Å²) in [6.45, 7) is 8.70. The number of aryl methyl sites for hydroxylation is 2. The fourth-order valence-corrected chi connectivity index (χ4v) is 2.79. The first-order valence-electron chi connectivity index (χ1n) is 8.95. The Morgan fingerprint density at radius 2 is 2.04 bits per heavy atom. The van der Waals surface area contributed by atoms with Crippen molar-refractivity contribution in [3.8, 4) is 17.4 Å². The van der Waals surface area contributed by atoms with Crippen molar-refractivity contribution < 1.29 is 9.47 Å². The molecule has 0 unspecified atom stereocenters. The first-order valence-corrected chi connectivity index (χ1v) is 9.36. The number of hydrogen-bond donors (Lipinski definition) is 1. The van der Waals surface area contributed by atoms with Crippen LogP contribution in [0.1, 0.15) is 30.8 Å². The molecule has 0 bridgehead atoms. The Kier molecular flexibility index (Phi) is 5.93. The van der Waals surface area contributed by atoms with E-state index in [1.54, 1.807) is 18.0 Å². The second kappa shape index (κ2) is 8.39. The van der Waals surface area contributed by atoms with E-state index in [0.29, 0.717) is 34.7 Å². The van der Waals surface area contributed by atoms with Crippen molar-refractivity contribution in [1.82, 2.24) is 24.7 Å². The van der Waals surface area contributed by atoms with E-state index in [0.717, 1.165) is 17.0 Å². The van der Waals surface area contributed by atoms with Crippen LogP contribution in [0.4, 0.5) is 0 Å². The lowest BCUT2D eigenvalue weighted by molar-refractivity contribution is 0.257. The van der Waals surface area contributed by atoms with Crippen molar-refractivity contribution in [3.63, 3.8) is 0 Å². The van der Waals surface area contributed by atoms with Gasteiger partial charge in [-0.3, -0.25) is 0 Å². The Balaban J connectivity index is 1.89. The number of aromatic nitrogens is 5. The number of benzene rings is 1. The molecule has 0 spiro atoms. The fraction of sp³-hybridized carbons (Fsp3) is 0.368. The number of nitrogens with one attached hydrogen (secondary N) is 1. The van der Waals surface area contributed by atoms with Gasteiger partial charge in [0, 0.05) is 5.69 Å². The van der Waals surface area contributed by atoms with Crippen LogP contribution in [0.2, 0.25) is 0 Å². The number of rotatable bonds is 7. The van der Waals surface area contributed by atoms with Gasteiger partial charge in [0.15, 0.2) is 11.5 Å². The first-order chi connectivity index (χ1) is 13.4. The Labute approximate surface area is 168 Å². The van der Waals surface area contributed by atoms with Crippen LogP contribution in [0.25, 0.3) is 5.95 Å². The Bertz CT molecular complexity index is 1050. The van der Waals surface area contributed by atoms with Crippen LogP contribution in [0, 0.1) is 24.5 Å². The van der Waals surface area contributed by atoms with E-state index in [4.69, 9.17) is 21.7 Å². The summed E-state index contributed by atoms with van der Waals surface area (Å²) >= 11 is 5.31. The zero-order valence-corrected chi connectivity index (χ0v) is 17.4. The van der Waals surface area contributed by atoms with Crippen molar-refractivity contribution in [3.05, 3.63) is 46.0 Å². The van der Waals surface area contributed by atoms with Gasteiger partial charge in [-0.2, -0.15) is 14.9 Å². The topological polar surface area (TPSA) is 82.3 Å². The average molecular weight is 401 g/mol. The molecule has 1 aromatic carbocycles. The summed E-state index contributed by atoms with van der Waals surface area (Å²) in [5.74, 6) is 2.29. The summed E-state index contributed by atoms with van der Waals surface area (Å²) in [6, 6.07) is 7.62. The van der Waals surface area contributed by atoms with Gasteiger partial charge in [-0.15, -0.1) is 5.10 Å². The smallest absolute Gasteiger partial charge is 0.271 e. The Morgan fingerprint density at radius 3 is 2.68 bits per heavy atom. The van der Waals surface area contributed by atoms with Gasteiger partial charge in [0.2, 0.25) is 4.77 Å². The normalized spacial score (nSPS) is 11.5. The highest BCUT2D eigenvalue weighted by Gasteiger charge is 2.12. The number of aromatic amines is 1. The van der Waals surface area contributed by atoms with Gasteiger partial charge < -0.3 is 9.47 Å². The van der Waals surface area contributed by atoms with Gasteiger partial charge in [-0.05, 0) is 61.8 Å². The maximum atomic E-state index is 5.79. The highest BCUT2D eigenvalue weighted by molar-refractivity contribution is 7.71. The molecule has 0 saturated carbocycles. The standard InChI is InChI=1S/C19H24N6O2S/c1-12(2)11-27-16-7-6-15(9-17(16)26-5)10-20-25-18(21-22-19(25)28)24-14(4)8-13(3)23-24/h6-10,12H,11H2,1-5H3,(H,22,28)/b20-10-. The predicted octanol–water partition coefficient (Wildman–Crippen LogP) is 3.67. The van der Waals surface area contributed by atoms with Crippen LogP contribution in [0.5, 0.6) is 11.5 Å². The molecular weight excluding hydrogens is 376 g/mol. The third kappa shape index (κ3) is 4.30. The van der Waals surface area contributed by atoms with Gasteiger partial charge in [-0.1, -0.05) is 13.8 Å². The largest absolute Gasteiger partial charge is 0.493 e. The SMILES string of the molecule is COc1cc(/C=N\n2c(-n3nc(C)cc3C)n[nH]c2=S)ccc1OCC(C)C. The van der Waals surface area contributed by atoms with Crippen LogP contribution in [0.15, 0.2) is 29.4 Å². The molecule has 3 aromatic rings. The molecule has 1 N–H and O–H groups in total. The van der Waals surface area contributed by atoms with E-state index in [-0.39, 0.29) is 0 Å². The molecule has 148 valence electrons. The molecule has 8 nitrogen and oxygen atoms in total. The molecular formula is C19H24N6O2S. The molecule has 0 aliphatic carbocycles. The second-order valence-electron chi connectivity index (χ2n) is 6.84. The summed E-state index contributed by atoms with van der Waals surface area (Å²) in [4.78, 5) is 0. The number of methoxy groups -OCH3 is 1. The molecule has 28 heavy (non-hydrogen) atoms. The summed E-state index contributed by atoms with van der Waals surface area (Å²) in [6.07, 6.45) is 1.69. The fourth-order valence-electron chi connectivity index (χ4n) is 2.62. The number of H-pyrrole nitrogens is 1. The highest BCUT2D eigenvalue weighted by atomic mass is 32.1. The number of hydrogen-bond acceptors (Lipinski definition) is 6. The molecule has 0 saturated heterocycles. The summed E-state index contributed by atoms with van der Waals surface area (Å²) < 4.78 is 14.8. The molecule has 0 radical (unpaired) electrons. The molecule has 0 aliphatic rings. The van der Waals surface area contributed by atoms with E-state index >= 15 is 0 Å². The van der Waals surface area contributed by atoms with E-state index in [1.165, 1.54) is 4.68 Å². The van der Waals surface area contributed by atoms with Gasteiger partial charge in [0.05, 0.1) is 25.6 Å². The minimum Gasteiger partial charge on any atom is -0.493 e. The molecule has 0 fully saturated rings. The molecule has 3 rings (SSSR count). The van der Waals surface area contributed by atoms with Crippen LogP contribution < -0.4 is 9.47 Å². The molecule has 2 heterocycles. The summed E-state index contributed by atoms with van der Waals surface area (Å²) in [5, 5.41) is 15.9. The lowest BCUT2D eigenvalue weighted by Gasteiger charge is -2.12. The molecule has 9 heteroatoms. The van der Waals surface area contributed by atoms with E-state index in [1.807, 2.05) is 38.1 Å². The van der Waals surface area contributed by atoms with Crippen molar-refractivity contribution in [2.75, 3.05) is 13.7 Å². The summed E-state index contributed by atoms with van der Waals surface area (Å²) in [5.41, 5.74) is 2.68. The third-order valence-electron chi connectivity index (χ3n) is 3.91. The van der Waals surface area contributed by atoms with Crippen LogP contribution >= 0.6 is 12.2 Å². The molecule has 0 amide bonds. The zero-order chi connectivity index (χ0) is 20.3.